The molecule has 1 fully saturated rings. The Kier molecular flexibility index (Phi) is 3.66. The first-order chi connectivity index (χ1) is 8.56. The number of nitrogens with one attached hydrogen (secondary N) is 3. The summed E-state index contributed by atoms with van der Waals surface area (Å²) < 4.78 is 0. The van der Waals surface area contributed by atoms with Crippen molar-refractivity contribution in [1.29, 1.82) is 0 Å². The lowest BCUT2D eigenvalue weighted by molar-refractivity contribution is -0.139. The van der Waals surface area contributed by atoms with Crippen LogP contribution in [0.3, 0.4) is 0 Å². The lowest BCUT2D eigenvalue weighted by Gasteiger charge is -2.13. The first-order valence-electron chi connectivity index (χ1n) is 5.50. The topological polar surface area (TPSA) is 111 Å². The Morgan fingerprint density at radius 2 is 2.28 bits per heavy atom. The van der Waals surface area contributed by atoms with E-state index in [0.29, 0.717) is 5.69 Å². The van der Waals surface area contributed by atoms with Crippen molar-refractivity contribution in [3.05, 3.63) is 20.7 Å². The molecule has 1 aliphatic rings. The zero-order valence-corrected chi connectivity index (χ0v) is 10.3. The molecule has 1 aromatic rings. The fourth-order valence-electron chi connectivity index (χ4n) is 1.58. The van der Waals surface area contributed by atoms with Crippen LogP contribution in [0.2, 0.25) is 0 Å². The number of carbonyl (C=O) groups excluding carboxylic acids is 1. The van der Waals surface area contributed by atoms with Gasteiger partial charge in [-0.1, -0.05) is 11.3 Å². The standard InChI is InChI=1S/C10H13N3O4S/c14-8(15)7(5-1-2-5)13-9(16)11-3-6-4-18-10(17)12-6/h4-5,7H,1-3H2,(H,12,17)(H,14,15)(H2,11,13,16). The van der Waals surface area contributed by atoms with Crippen LogP contribution in [0.15, 0.2) is 10.2 Å². The molecular formula is C10H13N3O4S. The van der Waals surface area contributed by atoms with Crippen LogP contribution < -0.4 is 15.5 Å². The molecule has 1 unspecified atom stereocenters. The largest absolute Gasteiger partial charge is 0.480 e. The number of aliphatic carboxylic acids is 1. The van der Waals surface area contributed by atoms with E-state index >= 15 is 0 Å². The second kappa shape index (κ2) is 5.21. The van der Waals surface area contributed by atoms with Crippen molar-refractivity contribution in [2.75, 3.05) is 0 Å². The summed E-state index contributed by atoms with van der Waals surface area (Å²) in [5, 5.41) is 15.5. The third kappa shape index (κ3) is 3.33. The highest BCUT2D eigenvalue weighted by Gasteiger charge is 2.37. The quantitative estimate of drug-likeness (QED) is 0.608. The van der Waals surface area contributed by atoms with Gasteiger partial charge in [-0.25, -0.2) is 9.59 Å². The summed E-state index contributed by atoms with van der Waals surface area (Å²) in [6.45, 7) is 0.168. The van der Waals surface area contributed by atoms with Crippen molar-refractivity contribution in [1.82, 2.24) is 15.6 Å². The fraction of sp³-hybridized carbons (Fsp3) is 0.500. The molecule has 18 heavy (non-hydrogen) atoms. The first kappa shape index (κ1) is 12.6. The number of aromatic amines is 1. The van der Waals surface area contributed by atoms with Crippen molar-refractivity contribution in [2.45, 2.75) is 25.4 Å². The second-order valence-electron chi connectivity index (χ2n) is 4.15. The minimum absolute atomic E-state index is 0.0363. The van der Waals surface area contributed by atoms with E-state index in [2.05, 4.69) is 15.6 Å². The van der Waals surface area contributed by atoms with Gasteiger partial charge < -0.3 is 20.7 Å². The first-order valence-corrected chi connectivity index (χ1v) is 6.38. The monoisotopic (exact) mass is 271 g/mol. The van der Waals surface area contributed by atoms with Crippen LogP contribution in [0.1, 0.15) is 18.5 Å². The molecule has 1 aromatic heterocycles. The fourth-order valence-corrected chi connectivity index (χ4v) is 2.16. The maximum atomic E-state index is 11.5. The van der Waals surface area contributed by atoms with Gasteiger partial charge in [-0.15, -0.1) is 0 Å². The number of urea groups is 1. The van der Waals surface area contributed by atoms with Gasteiger partial charge in [-0.2, -0.15) is 0 Å². The summed E-state index contributed by atoms with van der Waals surface area (Å²) in [5.74, 6) is -0.981. The minimum Gasteiger partial charge on any atom is -0.480 e. The molecule has 98 valence electrons. The summed E-state index contributed by atoms with van der Waals surface area (Å²) in [4.78, 5) is 35.6. The summed E-state index contributed by atoms with van der Waals surface area (Å²) >= 11 is 1.01. The van der Waals surface area contributed by atoms with Gasteiger partial charge in [0.05, 0.1) is 6.54 Å². The molecule has 1 atom stereocenters. The normalized spacial score (nSPS) is 16.0. The molecule has 8 heteroatoms. The van der Waals surface area contributed by atoms with Gasteiger partial charge in [0.1, 0.15) is 6.04 Å². The molecule has 0 aromatic carbocycles. The number of H-pyrrole nitrogens is 1. The Balaban J connectivity index is 1.80. The Bertz CT molecular complexity index is 505. The maximum Gasteiger partial charge on any atom is 0.326 e. The minimum atomic E-state index is -1.02. The van der Waals surface area contributed by atoms with Crippen LogP contribution >= 0.6 is 11.3 Å². The molecule has 0 saturated heterocycles. The van der Waals surface area contributed by atoms with Gasteiger partial charge in [0.2, 0.25) is 0 Å². The van der Waals surface area contributed by atoms with E-state index < -0.39 is 18.0 Å². The van der Waals surface area contributed by atoms with Crippen LogP contribution in [0.4, 0.5) is 4.79 Å². The summed E-state index contributed by atoms with van der Waals surface area (Å²) in [6.07, 6.45) is 1.66. The molecule has 0 bridgehead atoms. The van der Waals surface area contributed by atoms with Gasteiger partial charge in [0, 0.05) is 11.1 Å². The predicted octanol–water partition coefficient (Wildman–Crippen LogP) is 0.0988. The molecule has 2 rings (SSSR count). The summed E-state index contributed by atoms with van der Waals surface area (Å²) in [7, 11) is 0. The predicted molar refractivity (Wildman–Crippen MR) is 64.5 cm³/mol. The zero-order valence-electron chi connectivity index (χ0n) is 9.43. The number of carbonyl (C=O) groups is 2. The van der Waals surface area contributed by atoms with E-state index in [1.165, 1.54) is 0 Å². The van der Waals surface area contributed by atoms with E-state index in [-0.39, 0.29) is 17.3 Å². The van der Waals surface area contributed by atoms with E-state index in [0.717, 1.165) is 24.2 Å². The molecule has 4 N–H and O–H groups in total. The molecular weight excluding hydrogens is 258 g/mol. The summed E-state index contributed by atoms with van der Waals surface area (Å²) in [6, 6.07) is -1.37. The number of carboxylic acids is 1. The Hall–Kier alpha value is -1.83. The van der Waals surface area contributed by atoms with Crippen molar-refractivity contribution in [3.63, 3.8) is 0 Å². The molecule has 1 saturated carbocycles. The van der Waals surface area contributed by atoms with Crippen LogP contribution in [-0.4, -0.2) is 28.1 Å². The highest BCUT2D eigenvalue weighted by molar-refractivity contribution is 7.07. The van der Waals surface area contributed by atoms with E-state index in [4.69, 9.17) is 5.11 Å². The van der Waals surface area contributed by atoms with Gasteiger partial charge in [-0.3, -0.25) is 4.79 Å². The van der Waals surface area contributed by atoms with Crippen molar-refractivity contribution in [3.8, 4) is 0 Å². The summed E-state index contributed by atoms with van der Waals surface area (Å²) in [5.41, 5.74) is 0.596. The zero-order chi connectivity index (χ0) is 13.1. The average Bonchev–Trinajstić information content (AvgIpc) is 3.06. The number of amides is 2. The Labute approximate surface area is 106 Å². The molecule has 0 radical (unpaired) electrons. The number of thiazole rings is 1. The highest BCUT2D eigenvalue weighted by atomic mass is 32.1. The number of aromatic nitrogens is 1. The van der Waals surface area contributed by atoms with Crippen LogP contribution in [0.5, 0.6) is 0 Å². The smallest absolute Gasteiger partial charge is 0.326 e. The third-order valence-corrected chi connectivity index (χ3v) is 3.37. The Morgan fingerprint density at radius 1 is 1.56 bits per heavy atom. The molecule has 2 amide bonds. The van der Waals surface area contributed by atoms with Gasteiger partial charge in [-0.05, 0) is 18.8 Å². The number of hydrogen-bond donors (Lipinski definition) is 4. The second-order valence-corrected chi connectivity index (χ2v) is 5.00. The molecule has 1 heterocycles. The number of rotatable bonds is 5. The van der Waals surface area contributed by atoms with Crippen LogP contribution in [0.25, 0.3) is 0 Å². The number of hydrogen-bond acceptors (Lipinski definition) is 4. The molecule has 7 nitrogen and oxygen atoms in total. The molecule has 0 spiro atoms. The number of carboxylic acid groups (broad SMARTS) is 1. The van der Waals surface area contributed by atoms with E-state index in [1.807, 2.05) is 0 Å². The maximum absolute atomic E-state index is 11.5. The van der Waals surface area contributed by atoms with Crippen molar-refractivity contribution in [2.24, 2.45) is 5.92 Å². The van der Waals surface area contributed by atoms with Crippen LogP contribution in [-0.2, 0) is 11.3 Å². The molecule has 0 aliphatic heterocycles. The van der Waals surface area contributed by atoms with E-state index in [1.54, 1.807) is 5.38 Å². The van der Waals surface area contributed by atoms with Gasteiger partial charge in [0.25, 0.3) is 0 Å². The van der Waals surface area contributed by atoms with Crippen molar-refractivity contribution < 1.29 is 14.7 Å². The van der Waals surface area contributed by atoms with Crippen LogP contribution in [0, 0.1) is 5.92 Å². The van der Waals surface area contributed by atoms with Gasteiger partial charge in [0.15, 0.2) is 0 Å². The van der Waals surface area contributed by atoms with E-state index in [9.17, 15) is 14.4 Å². The van der Waals surface area contributed by atoms with Gasteiger partial charge >= 0.3 is 16.9 Å². The lowest BCUT2D eigenvalue weighted by Crippen LogP contribution is -2.47. The third-order valence-electron chi connectivity index (χ3n) is 2.66. The lowest BCUT2D eigenvalue weighted by atomic mass is 10.2. The Morgan fingerprint density at radius 3 is 2.78 bits per heavy atom. The van der Waals surface area contributed by atoms with Crippen molar-refractivity contribution >= 4 is 23.3 Å². The average molecular weight is 271 g/mol. The molecule has 1 aliphatic carbocycles. The SMILES string of the molecule is O=C(NCc1csc(=O)[nH]1)NC(C(=O)O)C1CC1. The highest BCUT2D eigenvalue weighted by Crippen LogP contribution is 2.32.